The normalized spacial score (nSPS) is 20.6. The van der Waals surface area contributed by atoms with Crippen molar-refractivity contribution < 1.29 is 32.6 Å². The molecule has 2 aromatic carbocycles. The van der Waals surface area contributed by atoms with E-state index >= 15 is 0 Å². The van der Waals surface area contributed by atoms with Crippen LogP contribution in [-0.4, -0.2) is 30.9 Å². The number of hydrogen-bond acceptors (Lipinski definition) is 8. The summed E-state index contributed by atoms with van der Waals surface area (Å²) >= 11 is 1.39. The number of rotatable bonds is 7. The first kappa shape index (κ1) is 28.2. The van der Waals surface area contributed by atoms with Crippen LogP contribution in [0.1, 0.15) is 42.5 Å². The van der Waals surface area contributed by atoms with E-state index in [1.54, 1.807) is 26.0 Å². The summed E-state index contributed by atoms with van der Waals surface area (Å²) in [4.78, 5) is 43.7. The minimum absolute atomic E-state index is 0.0111. The Morgan fingerprint density at radius 1 is 1.00 bits per heavy atom. The lowest BCUT2D eigenvalue weighted by molar-refractivity contribution is -0.152. The minimum atomic E-state index is -1.22. The Morgan fingerprint density at radius 2 is 1.71 bits per heavy atom. The van der Waals surface area contributed by atoms with Gasteiger partial charge in [-0.05, 0) is 67.6 Å². The Bertz CT molecular complexity index is 1570. The lowest BCUT2D eigenvalue weighted by Crippen LogP contribution is -2.46. The third-order valence-corrected chi connectivity index (χ3v) is 8.24. The van der Waals surface area contributed by atoms with Gasteiger partial charge in [0.05, 0.1) is 30.4 Å². The number of nitrogens with zero attached hydrogens (tertiary/aromatic N) is 1. The molecule has 0 fully saturated rings. The minimum Gasteiger partial charge on any atom is -0.465 e. The van der Waals surface area contributed by atoms with Crippen molar-refractivity contribution in [1.82, 2.24) is 0 Å². The molecule has 0 radical (unpaired) electrons. The highest BCUT2D eigenvalue weighted by molar-refractivity contribution is 7.10. The van der Waals surface area contributed by atoms with Gasteiger partial charge in [0.15, 0.2) is 5.78 Å². The van der Waals surface area contributed by atoms with E-state index < -0.39 is 47.1 Å². The highest BCUT2D eigenvalue weighted by Crippen LogP contribution is 2.52. The number of carbonyl (C=O) groups excluding carboxylic acids is 3. The average Bonchev–Trinajstić information content (AvgIpc) is 3.47. The lowest BCUT2D eigenvalue weighted by atomic mass is 9.68. The second-order valence-electron chi connectivity index (χ2n) is 9.60. The zero-order valence-corrected chi connectivity index (χ0v) is 23.3. The predicted octanol–water partition coefficient (Wildman–Crippen LogP) is 5.55. The van der Waals surface area contributed by atoms with Crippen LogP contribution in [0.4, 0.5) is 14.5 Å². The first-order chi connectivity index (χ1) is 19.8. The first-order valence-electron chi connectivity index (χ1n) is 13.2. The third kappa shape index (κ3) is 5.15. The SMILES string of the molecule is CCOC(=O)C1=C(N)N(c2cccc(F)c2)C2=C(C(=O)[C@@H](C(=O)OCC)[C@@H](c3cccs3)C2)[C@@H]1c1cccc(F)c1. The van der Waals surface area contributed by atoms with E-state index in [4.69, 9.17) is 15.2 Å². The molecule has 2 heterocycles. The lowest BCUT2D eigenvalue weighted by Gasteiger charge is -2.43. The molecule has 1 aromatic heterocycles. The molecule has 1 aliphatic heterocycles. The number of Topliss-reactive ketones (excluding diaryl/α,β-unsaturated/α-hetero) is 1. The molecule has 5 rings (SSSR count). The zero-order chi connectivity index (χ0) is 29.3. The Labute approximate surface area is 239 Å². The molecule has 7 nitrogen and oxygen atoms in total. The summed E-state index contributed by atoms with van der Waals surface area (Å²) in [5.74, 6) is -6.27. The van der Waals surface area contributed by atoms with Crippen LogP contribution in [0.15, 0.2) is 88.7 Å². The van der Waals surface area contributed by atoms with Crippen LogP contribution < -0.4 is 10.6 Å². The molecular formula is C31H28F2N2O5S. The first-order valence-corrected chi connectivity index (χ1v) is 14.1. The maximum absolute atomic E-state index is 14.6. The van der Waals surface area contributed by atoms with Crippen molar-refractivity contribution in [3.63, 3.8) is 0 Å². The number of carbonyl (C=O) groups is 3. The van der Waals surface area contributed by atoms with Gasteiger partial charge >= 0.3 is 11.9 Å². The number of hydrogen-bond donors (Lipinski definition) is 1. The van der Waals surface area contributed by atoms with Crippen molar-refractivity contribution in [2.75, 3.05) is 18.1 Å². The van der Waals surface area contributed by atoms with Gasteiger partial charge in [0.1, 0.15) is 23.4 Å². The molecule has 0 bridgehead atoms. The smallest absolute Gasteiger partial charge is 0.338 e. The summed E-state index contributed by atoms with van der Waals surface area (Å²) in [6, 6.07) is 14.8. The van der Waals surface area contributed by atoms with Crippen molar-refractivity contribution in [3.05, 3.63) is 111 Å². The fraction of sp³-hybridized carbons (Fsp3) is 0.258. The largest absolute Gasteiger partial charge is 0.465 e. The van der Waals surface area contributed by atoms with Crippen LogP contribution in [0.25, 0.3) is 0 Å². The predicted molar refractivity (Wildman–Crippen MR) is 150 cm³/mol. The summed E-state index contributed by atoms with van der Waals surface area (Å²) in [7, 11) is 0. The van der Waals surface area contributed by atoms with E-state index in [9.17, 15) is 23.2 Å². The second-order valence-corrected chi connectivity index (χ2v) is 10.6. The van der Waals surface area contributed by atoms with E-state index in [1.807, 2.05) is 17.5 Å². The molecule has 2 aliphatic rings. The molecule has 212 valence electrons. The second kappa shape index (κ2) is 11.7. The molecule has 41 heavy (non-hydrogen) atoms. The van der Waals surface area contributed by atoms with Gasteiger partial charge in [0.25, 0.3) is 0 Å². The maximum Gasteiger partial charge on any atom is 0.338 e. The Hall–Kier alpha value is -4.31. The molecule has 1 aliphatic carbocycles. The zero-order valence-electron chi connectivity index (χ0n) is 22.4. The van der Waals surface area contributed by atoms with E-state index in [0.717, 1.165) is 4.88 Å². The van der Waals surface area contributed by atoms with E-state index in [1.165, 1.54) is 52.6 Å². The third-order valence-electron chi connectivity index (χ3n) is 7.23. The van der Waals surface area contributed by atoms with Crippen LogP contribution >= 0.6 is 11.3 Å². The summed E-state index contributed by atoms with van der Waals surface area (Å²) in [6.07, 6.45) is 0.143. The molecule has 3 atom stereocenters. The van der Waals surface area contributed by atoms with E-state index in [0.29, 0.717) is 5.70 Å². The van der Waals surface area contributed by atoms with Crippen LogP contribution in [0, 0.1) is 17.6 Å². The number of halogens is 2. The van der Waals surface area contributed by atoms with Gasteiger partial charge in [-0.15, -0.1) is 11.3 Å². The fourth-order valence-electron chi connectivity index (χ4n) is 5.64. The van der Waals surface area contributed by atoms with Gasteiger partial charge in [0, 0.05) is 22.1 Å². The van der Waals surface area contributed by atoms with Crippen LogP contribution in [0.2, 0.25) is 0 Å². The maximum atomic E-state index is 14.6. The van der Waals surface area contributed by atoms with Crippen molar-refractivity contribution in [3.8, 4) is 0 Å². The summed E-state index contributed by atoms with van der Waals surface area (Å²) in [6.45, 7) is 3.35. The Balaban J connectivity index is 1.82. The molecule has 2 N–H and O–H groups in total. The van der Waals surface area contributed by atoms with Crippen molar-refractivity contribution >= 4 is 34.7 Å². The summed E-state index contributed by atoms with van der Waals surface area (Å²) in [5.41, 5.74) is 7.65. The van der Waals surface area contributed by atoms with Crippen LogP contribution in [-0.2, 0) is 23.9 Å². The molecular weight excluding hydrogens is 550 g/mol. The van der Waals surface area contributed by atoms with Crippen LogP contribution in [0.5, 0.6) is 0 Å². The average molecular weight is 579 g/mol. The molecule has 0 saturated heterocycles. The monoisotopic (exact) mass is 578 g/mol. The van der Waals surface area contributed by atoms with Gasteiger partial charge < -0.3 is 15.2 Å². The number of allylic oxidation sites excluding steroid dienone is 2. The van der Waals surface area contributed by atoms with Gasteiger partial charge in [-0.2, -0.15) is 0 Å². The highest BCUT2D eigenvalue weighted by atomic mass is 32.1. The van der Waals surface area contributed by atoms with Gasteiger partial charge in [-0.25, -0.2) is 13.6 Å². The van der Waals surface area contributed by atoms with Crippen molar-refractivity contribution in [2.45, 2.75) is 32.1 Å². The molecule has 3 aromatic rings. The quantitative estimate of drug-likeness (QED) is 0.290. The molecule has 0 saturated carbocycles. The molecule has 0 amide bonds. The molecule has 0 unspecified atom stereocenters. The summed E-state index contributed by atoms with van der Waals surface area (Å²) in [5, 5.41) is 1.85. The van der Waals surface area contributed by atoms with Crippen LogP contribution in [0.3, 0.4) is 0 Å². The van der Waals surface area contributed by atoms with E-state index in [2.05, 4.69) is 0 Å². The number of nitrogens with two attached hydrogens (primary N) is 1. The van der Waals surface area contributed by atoms with Gasteiger partial charge in [0.2, 0.25) is 0 Å². The van der Waals surface area contributed by atoms with Gasteiger partial charge in [-0.1, -0.05) is 24.3 Å². The number of esters is 2. The number of thiophene rings is 1. The topological polar surface area (TPSA) is 98.9 Å². The molecule has 10 heteroatoms. The molecule has 0 spiro atoms. The Morgan fingerprint density at radius 3 is 2.34 bits per heavy atom. The number of benzene rings is 2. The van der Waals surface area contributed by atoms with Crippen molar-refractivity contribution in [2.24, 2.45) is 11.7 Å². The Kier molecular flexibility index (Phi) is 8.03. The highest BCUT2D eigenvalue weighted by Gasteiger charge is 2.51. The standard InChI is InChI=1S/C31H28F2N2O5S/c1-3-39-30(37)25-21(23-12-7-13-41-23)16-22-26(28(25)36)24(17-8-5-9-18(32)14-17)27(31(38)40-4-2)29(34)35(22)20-11-6-10-19(33)15-20/h5-15,21,24-25H,3-4,16,34H2,1-2H3/t21-,24+,25+/m1/s1. The fourth-order valence-corrected chi connectivity index (χ4v) is 6.50. The van der Waals surface area contributed by atoms with E-state index in [-0.39, 0.29) is 47.9 Å². The number of anilines is 1. The van der Waals surface area contributed by atoms with Crippen molar-refractivity contribution in [1.29, 1.82) is 0 Å². The number of ketones is 1. The number of ether oxygens (including phenoxy) is 2. The summed E-state index contributed by atoms with van der Waals surface area (Å²) < 4.78 is 39.8. The van der Waals surface area contributed by atoms with Gasteiger partial charge in [-0.3, -0.25) is 14.5 Å².